The SMILES string of the molecule is Cc1nnc2c(NCC3(C)CCCNC3)nccn12. The highest BCUT2D eigenvalue weighted by Crippen LogP contribution is 2.26. The lowest BCUT2D eigenvalue weighted by atomic mass is 9.83. The predicted molar refractivity (Wildman–Crippen MR) is 74.2 cm³/mol. The summed E-state index contributed by atoms with van der Waals surface area (Å²) in [5.41, 5.74) is 1.08. The number of hydrogen-bond donors (Lipinski definition) is 2. The van der Waals surface area contributed by atoms with Gasteiger partial charge in [-0.2, -0.15) is 0 Å². The molecule has 19 heavy (non-hydrogen) atoms. The maximum absolute atomic E-state index is 4.38. The fourth-order valence-electron chi connectivity index (χ4n) is 2.63. The Hall–Kier alpha value is -1.69. The summed E-state index contributed by atoms with van der Waals surface area (Å²) >= 11 is 0. The van der Waals surface area contributed by atoms with Crippen LogP contribution in [0.25, 0.3) is 5.65 Å². The van der Waals surface area contributed by atoms with Gasteiger partial charge in [-0.05, 0) is 31.7 Å². The zero-order valence-corrected chi connectivity index (χ0v) is 11.5. The Labute approximate surface area is 112 Å². The second-order valence-corrected chi connectivity index (χ2v) is 5.66. The molecular weight excluding hydrogens is 240 g/mol. The average Bonchev–Trinajstić information content (AvgIpc) is 2.80. The van der Waals surface area contributed by atoms with Crippen molar-refractivity contribution in [2.45, 2.75) is 26.7 Å². The average molecular weight is 260 g/mol. The van der Waals surface area contributed by atoms with Crippen molar-refractivity contribution in [1.82, 2.24) is 24.9 Å². The van der Waals surface area contributed by atoms with Crippen LogP contribution in [-0.4, -0.2) is 39.2 Å². The van der Waals surface area contributed by atoms with E-state index in [-0.39, 0.29) is 5.41 Å². The Bertz CT molecular complexity index is 570. The number of piperidine rings is 1. The van der Waals surface area contributed by atoms with Gasteiger partial charge in [-0.1, -0.05) is 6.92 Å². The maximum atomic E-state index is 4.38. The van der Waals surface area contributed by atoms with Gasteiger partial charge in [0.25, 0.3) is 0 Å². The van der Waals surface area contributed by atoms with Gasteiger partial charge in [-0.3, -0.25) is 4.40 Å². The van der Waals surface area contributed by atoms with Crippen LogP contribution in [0.1, 0.15) is 25.6 Å². The first-order valence-electron chi connectivity index (χ1n) is 6.79. The van der Waals surface area contributed by atoms with Crippen LogP contribution in [0.5, 0.6) is 0 Å². The van der Waals surface area contributed by atoms with Crippen LogP contribution in [-0.2, 0) is 0 Å². The number of hydrogen-bond acceptors (Lipinski definition) is 5. The van der Waals surface area contributed by atoms with Crippen LogP contribution in [0.2, 0.25) is 0 Å². The second kappa shape index (κ2) is 4.77. The zero-order valence-electron chi connectivity index (χ0n) is 11.5. The first-order chi connectivity index (χ1) is 9.18. The Morgan fingerprint density at radius 2 is 2.37 bits per heavy atom. The number of aryl methyl sites for hydroxylation is 1. The van der Waals surface area contributed by atoms with Crippen molar-refractivity contribution in [2.75, 3.05) is 25.0 Å². The Balaban J connectivity index is 1.78. The summed E-state index contributed by atoms with van der Waals surface area (Å²) in [6.07, 6.45) is 6.15. The molecule has 2 aromatic heterocycles. The fraction of sp³-hybridized carbons (Fsp3) is 0.615. The molecule has 2 N–H and O–H groups in total. The van der Waals surface area contributed by atoms with E-state index in [1.807, 2.05) is 17.5 Å². The van der Waals surface area contributed by atoms with Gasteiger partial charge in [0.15, 0.2) is 5.82 Å². The molecule has 6 heteroatoms. The van der Waals surface area contributed by atoms with Crippen LogP contribution in [0, 0.1) is 12.3 Å². The quantitative estimate of drug-likeness (QED) is 0.869. The molecule has 3 rings (SSSR count). The molecule has 1 unspecified atom stereocenters. The summed E-state index contributed by atoms with van der Waals surface area (Å²) in [5.74, 6) is 1.70. The molecule has 1 saturated heterocycles. The van der Waals surface area contributed by atoms with Crippen LogP contribution >= 0.6 is 0 Å². The van der Waals surface area contributed by atoms with Crippen molar-refractivity contribution in [2.24, 2.45) is 5.41 Å². The number of anilines is 1. The van der Waals surface area contributed by atoms with E-state index in [4.69, 9.17) is 0 Å². The van der Waals surface area contributed by atoms with Crippen molar-refractivity contribution in [1.29, 1.82) is 0 Å². The van der Waals surface area contributed by atoms with Crippen molar-refractivity contribution >= 4 is 11.5 Å². The van der Waals surface area contributed by atoms with Crippen LogP contribution in [0.3, 0.4) is 0 Å². The summed E-state index contributed by atoms with van der Waals surface area (Å²) in [7, 11) is 0. The molecule has 1 aliphatic rings. The first kappa shape index (κ1) is 12.3. The molecule has 2 aromatic rings. The minimum absolute atomic E-state index is 0.280. The molecular formula is C13H20N6. The van der Waals surface area contributed by atoms with E-state index < -0.39 is 0 Å². The summed E-state index contributed by atoms with van der Waals surface area (Å²) < 4.78 is 1.96. The Morgan fingerprint density at radius 1 is 1.47 bits per heavy atom. The lowest BCUT2D eigenvalue weighted by Crippen LogP contribution is -2.42. The summed E-state index contributed by atoms with van der Waals surface area (Å²) in [5, 5.41) is 15.2. The Morgan fingerprint density at radius 3 is 3.16 bits per heavy atom. The maximum Gasteiger partial charge on any atom is 0.203 e. The number of aromatic nitrogens is 4. The molecule has 0 saturated carbocycles. The summed E-state index contributed by atoms with van der Waals surface area (Å²) in [4.78, 5) is 4.38. The van der Waals surface area contributed by atoms with E-state index >= 15 is 0 Å². The van der Waals surface area contributed by atoms with Crippen LogP contribution in [0.15, 0.2) is 12.4 Å². The van der Waals surface area contributed by atoms with Crippen molar-refractivity contribution in [3.05, 3.63) is 18.2 Å². The van der Waals surface area contributed by atoms with E-state index in [0.717, 1.165) is 36.9 Å². The van der Waals surface area contributed by atoms with Crippen molar-refractivity contribution < 1.29 is 0 Å². The van der Waals surface area contributed by atoms with Gasteiger partial charge < -0.3 is 10.6 Å². The van der Waals surface area contributed by atoms with E-state index in [9.17, 15) is 0 Å². The minimum atomic E-state index is 0.280. The molecule has 0 aliphatic carbocycles. The molecule has 6 nitrogen and oxygen atoms in total. The van der Waals surface area contributed by atoms with Gasteiger partial charge >= 0.3 is 0 Å². The molecule has 0 radical (unpaired) electrons. The molecule has 102 valence electrons. The lowest BCUT2D eigenvalue weighted by molar-refractivity contribution is 0.253. The van der Waals surface area contributed by atoms with Gasteiger partial charge in [-0.15, -0.1) is 10.2 Å². The highest BCUT2D eigenvalue weighted by molar-refractivity contribution is 5.62. The van der Waals surface area contributed by atoms with E-state index in [2.05, 4.69) is 32.7 Å². The second-order valence-electron chi connectivity index (χ2n) is 5.66. The third-order valence-electron chi connectivity index (χ3n) is 3.87. The highest BCUT2D eigenvalue weighted by atomic mass is 15.3. The van der Waals surface area contributed by atoms with Gasteiger partial charge in [0, 0.05) is 25.5 Å². The zero-order chi connectivity index (χ0) is 13.3. The molecule has 0 bridgehead atoms. The molecule has 1 fully saturated rings. The molecule has 0 aromatic carbocycles. The van der Waals surface area contributed by atoms with E-state index in [0.29, 0.717) is 0 Å². The number of nitrogens with zero attached hydrogens (tertiary/aromatic N) is 4. The van der Waals surface area contributed by atoms with Gasteiger partial charge in [0.1, 0.15) is 5.82 Å². The standard InChI is InChI=1S/C13H20N6/c1-10-17-18-12-11(15-6-7-19(10)12)16-9-13(2)4-3-5-14-8-13/h6-7,14H,3-5,8-9H2,1-2H3,(H,15,16). The van der Waals surface area contributed by atoms with Crippen molar-refractivity contribution in [3.63, 3.8) is 0 Å². The Kier molecular flexibility index (Phi) is 3.10. The topological polar surface area (TPSA) is 67.1 Å². The van der Waals surface area contributed by atoms with Crippen LogP contribution in [0.4, 0.5) is 5.82 Å². The van der Waals surface area contributed by atoms with E-state index in [1.165, 1.54) is 12.8 Å². The van der Waals surface area contributed by atoms with Gasteiger partial charge in [0.05, 0.1) is 0 Å². The molecule has 0 spiro atoms. The molecule has 1 atom stereocenters. The fourth-order valence-corrected chi connectivity index (χ4v) is 2.63. The highest BCUT2D eigenvalue weighted by Gasteiger charge is 2.26. The van der Waals surface area contributed by atoms with Gasteiger partial charge in [-0.25, -0.2) is 4.98 Å². The lowest BCUT2D eigenvalue weighted by Gasteiger charge is -2.34. The number of fused-ring (bicyclic) bond motifs is 1. The molecule has 3 heterocycles. The molecule has 1 aliphatic heterocycles. The van der Waals surface area contributed by atoms with Crippen molar-refractivity contribution in [3.8, 4) is 0 Å². The van der Waals surface area contributed by atoms with E-state index in [1.54, 1.807) is 6.20 Å². The smallest absolute Gasteiger partial charge is 0.203 e. The monoisotopic (exact) mass is 260 g/mol. The third kappa shape index (κ3) is 2.40. The summed E-state index contributed by atoms with van der Waals surface area (Å²) in [6.45, 7) is 7.33. The normalized spacial score (nSPS) is 23.7. The third-order valence-corrected chi connectivity index (χ3v) is 3.87. The minimum Gasteiger partial charge on any atom is -0.366 e. The predicted octanol–water partition coefficient (Wildman–Crippen LogP) is 1.23. The largest absolute Gasteiger partial charge is 0.366 e. The summed E-state index contributed by atoms with van der Waals surface area (Å²) in [6, 6.07) is 0. The number of rotatable bonds is 3. The molecule has 0 amide bonds. The first-order valence-corrected chi connectivity index (χ1v) is 6.79. The van der Waals surface area contributed by atoms with Gasteiger partial charge in [0.2, 0.25) is 5.65 Å². The van der Waals surface area contributed by atoms with Crippen LogP contribution < -0.4 is 10.6 Å². The number of nitrogens with one attached hydrogen (secondary N) is 2.